The first-order chi connectivity index (χ1) is 13.6. The van der Waals surface area contributed by atoms with E-state index in [0.717, 1.165) is 13.1 Å². The van der Waals surface area contributed by atoms with Gasteiger partial charge in [-0.2, -0.15) is 4.72 Å². The van der Waals surface area contributed by atoms with E-state index in [-0.39, 0.29) is 22.8 Å². The van der Waals surface area contributed by atoms with Crippen LogP contribution in [0.5, 0.6) is 0 Å². The molecule has 1 amide bonds. The Morgan fingerprint density at radius 3 is 2.21 bits per heavy atom. The molecule has 2 rings (SSSR count). The van der Waals surface area contributed by atoms with Crippen LogP contribution in [0.25, 0.3) is 0 Å². The average molecular weight is 446 g/mol. The molecule has 1 saturated heterocycles. The van der Waals surface area contributed by atoms with Gasteiger partial charge in [0.15, 0.2) is 0 Å². The van der Waals surface area contributed by atoms with Crippen molar-refractivity contribution < 1.29 is 17.9 Å². The summed E-state index contributed by atoms with van der Waals surface area (Å²) in [6.07, 6.45) is 0. The second-order valence-electron chi connectivity index (χ2n) is 8.00. The van der Waals surface area contributed by atoms with Gasteiger partial charge in [-0.3, -0.25) is 9.69 Å². The number of amides is 1. The highest BCUT2D eigenvalue weighted by molar-refractivity contribution is 7.89. The number of hydrogen-bond donors (Lipinski definition) is 2. The molecule has 1 fully saturated rings. The van der Waals surface area contributed by atoms with E-state index in [1.807, 2.05) is 13.8 Å². The van der Waals surface area contributed by atoms with Crippen LogP contribution < -0.4 is 10.0 Å². The Bertz CT molecular complexity index is 762. The number of nitrogens with one attached hydrogen (secondary N) is 2. The summed E-state index contributed by atoms with van der Waals surface area (Å²) in [5.74, 6) is -0.189. The Morgan fingerprint density at radius 1 is 1.10 bits per heavy atom. The van der Waals surface area contributed by atoms with Crippen LogP contribution in [0.15, 0.2) is 29.2 Å². The summed E-state index contributed by atoms with van der Waals surface area (Å²) in [6, 6.07) is 5.17. The van der Waals surface area contributed by atoms with Crippen molar-refractivity contribution in [1.29, 1.82) is 0 Å². The molecule has 1 aliphatic heterocycles. The highest BCUT2D eigenvalue weighted by Crippen LogP contribution is 2.16. The molecule has 0 aliphatic carbocycles. The minimum absolute atomic E-state index is 0.0775. The number of halogens is 1. The van der Waals surface area contributed by atoms with Crippen molar-refractivity contribution in [2.45, 2.75) is 44.7 Å². The van der Waals surface area contributed by atoms with Crippen LogP contribution in [-0.4, -0.2) is 64.2 Å². The molecular weight excluding hydrogens is 414 g/mol. The van der Waals surface area contributed by atoms with Crippen LogP contribution in [0.2, 0.25) is 5.02 Å². The van der Waals surface area contributed by atoms with Crippen molar-refractivity contribution in [3.63, 3.8) is 0 Å². The van der Waals surface area contributed by atoms with E-state index in [4.69, 9.17) is 16.3 Å². The lowest BCUT2D eigenvalue weighted by atomic mass is 10.0. The summed E-state index contributed by atoms with van der Waals surface area (Å²) in [5.41, 5.74) is 0. The predicted molar refractivity (Wildman–Crippen MR) is 114 cm³/mol. The number of hydrogen-bond acceptors (Lipinski definition) is 5. The van der Waals surface area contributed by atoms with Gasteiger partial charge in [-0.05, 0) is 36.1 Å². The molecule has 0 saturated carbocycles. The largest absolute Gasteiger partial charge is 0.379 e. The topological polar surface area (TPSA) is 87.7 Å². The molecule has 0 aromatic heterocycles. The molecule has 0 radical (unpaired) electrons. The number of nitrogens with zero attached hydrogens (tertiary/aromatic N) is 1. The van der Waals surface area contributed by atoms with Crippen LogP contribution in [0.4, 0.5) is 0 Å². The van der Waals surface area contributed by atoms with Crippen molar-refractivity contribution in [2.75, 3.05) is 32.8 Å². The monoisotopic (exact) mass is 445 g/mol. The van der Waals surface area contributed by atoms with E-state index >= 15 is 0 Å². The Labute approximate surface area is 179 Å². The van der Waals surface area contributed by atoms with Gasteiger partial charge < -0.3 is 10.1 Å². The van der Waals surface area contributed by atoms with E-state index in [9.17, 15) is 13.2 Å². The van der Waals surface area contributed by atoms with Crippen molar-refractivity contribution >= 4 is 27.5 Å². The molecule has 1 heterocycles. The molecule has 2 unspecified atom stereocenters. The Balaban J connectivity index is 2.05. The molecule has 1 aliphatic rings. The van der Waals surface area contributed by atoms with Crippen LogP contribution >= 0.6 is 11.6 Å². The predicted octanol–water partition coefficient (Wildman–Crippen LogP) is 2.12. The highest BCUT2D eigenvalue weighted by atomic mass is 35.5. The molecule has 7 nitrogen and oxygen atoms in total. The number of rotatable bonds is 9. The van der Waals surface area contributed by atoms with Gasteiger partial charge >= 0.3 is 0 Å². The minimum Gasteiger partial charge on any atom is -0.379 e. The third-order valence-electron chi connectivity index (χ3n) is 5.12. The van der Waals surface area contributed by atoms with Crippen LogP contribution in [-0.2, 0) is 19.6 Å². The van der Waals surface area contributed by atoms with Crippen molar-refractivity contribution in [2.24, 2.45) is 11.8 Å². The van der Waals surface area contributed by atoms with Crippen LogP contribution in [0.3, 0.4) is 0 Å². The zero-order chi connectivity index (χ0) is 21.6. The fourth-order valence-electron chi connectivity index (χ4n) is 3.35. The zero-order valence-electron chi connectivity index (χ0n) is 17.5. The lowest BCUT2D eigenvalue weighted by Crippen LogP contribution is -2.55. The third kappa shape index (κ3) is 6.93. The third-order valence-corrected chi connectivity index (χ3v) is 6.83. The summed E-state index contributed by atoms with van der Waals surface area (Å²) >= 11 is 5.84. The molecule has 1 aromatic carbocycles. The molecule has 2 atom stereocenters. The summed E-state index contributed by atoms with van der Waals surface area (Å²) in [4.78, 5) is 15.2. The van der Waals surface area contributed by atoms with Crippen LogP contribution in [0.1, 0.15) is 27.7 Å². The quantitative estimate of drug-likeness (QED) is 0.607. The maximum atomic E-state index is 12.9. The maximum Gasteiger partial charge on any atom is 0.241 e. The molecule has 29 heavy (non-hydrogen) atoms. The minimum atomic E-state index is -3.84. The normalized spacial score (nSPS) is 18.0. The van der Waals surface area contributed by atoms with Gasteiger partial charge in [-0.15, -0.1) is 0 Å². The van der Waals surface area contributed by atoms with E-state index in [1.54, 1.807) is 0 Å². The zero-order valence-corrected chi connectivity index (χ0v) is 19.1. The first kappa shape index (κ1) is 24.1. The molecule has 0 spiro atoms. The summed E-state index contributed by atoms with van der Waals surface area (Å²) in [7, 11) is -3.84. The van der Waals surface area contributed by atoms with Gasteiger partial charge in [0.1, 0.15) is 6.04 Å². The number of benzene rings is 1. The van der Waals surface area contributed by atoms with Gasteiger partial charge in [0, 0.05) is 30.7 Å². The maximum absolute atomic E-state index is 12.9. The molecule has 1 aromatic rings. The van der Waals surface area contributed by atoms with Gasteiger partial charge in [0.2, 0.25) is 15.9 Å². The standard InChI is InChI=1S/C20H32ClN3O4S/c1-14(2)18(24-9-11-28-12-10-24)13-22-20(25)19(15(3)4)23-29(26,27)17-7-5-16(21)6-8-17/h5-8,14-15,18-19,23H,9-13H2,1-4H3,(H,22,25). The number of ether oxygens (including phenoxy) is 1. The second kappa shape index (κ2) is 10.7. The van der Waals surface area contributed by atoms with Crippen molar-refractivity contribution in [1.82, 2.24) is 14.9 Å². The van der Waals surface area contributed by atoms with E-state index in [1.165, 1.54) is 24.3 Å². The molecule has 9 heteroatoms. The Morgan fingerprint density at radius 2 is 1.69 bits per heavy atom. The average Bonchev–Trinajstić information content (AvgIpc) is 2.67. The van der Waals surface area contributed by atoms with E-state index < -0.39 is 16.1 Å². The fraction of sp³-hybridized carbons (Fsp3) is 0.650. The number of morpholine rings is 1. The van der Waals surface area contributed by atoms with E-state index in [0.29, 0.717) is 30.7 Å². The van der Waals surface area contributed by atoms with Gasteiger partial charge in [0.05, 0.1) is 18.1 Å². The fourth-order valence-corrected chi connectivity index (χ4v) is 4.82. The first-order valence-electron chi connectivity index (χ1n) is 9.99. The number of sulfonamides is 1. The lowest BCUT2D eigenvalue weighted by molar-refractivity contribution is -0.124. The molecular formula is C20H32ClN3O4S. The molecule has 2 N–H and O–H groups in total. The van der Waals surface area contributed by atoms with E-state index in [2.05, 4.69) is 28.8 Å². The van der Waals surface area contributed by atoms with Crippen molar-refractivity contribution in [3.8, 4) is 0 Å². The number of carbonyl (C=O) groups excluding carboxylic acids is 1. The lowest BCUT2D eigenvalue weighted by Gasteiger charge is -2.37. The summed E-state index contributed by atoms with van der Waals surface area (Å²) in [5, 5.41) is 3.41. The van der Waals surface area contributed by atoms with Gasteiger partial charge in [0.25, 0.3) is 0 Å². The highest BCUT2D eigenvalue weighted by Gasteiger charge is 2.30. The summed E-state index contributed by atoms with van der Waals surface area (Å²) < 4.78 is 33.4. The molecule has 164 valence electrons. The number of carbonyl (C=O) groups is 1. The van der Waals surface area contributed by atoms with Gasteiger partial charge in [-0.1, -0.05) is 39.3 Å². The first-order valence-corrected chi connectivity index (χ1v) is 11.9. The Hall–Kier alpha value is -1.19. The Kier molecular flexibility index (Phi) is 8.91. The SMILES string of the molecule is CC(C)C(NS(=O)(=O)c1ccc(Cl)cc1)C(=O)NCC(C(C)C)N1CCOCC1. The summed E-state index contributed by atoms with van der Waals surface area (Å²) in [6.45, 7) is 11.4. The van der Waals surface area contributed by atoms with Crippen molar-refractivity contribution in [3.05, 3.63) is 29.3 Å². The smallest absolute Gasteiger partial charge is 0.241 e. The van der Waals surface area contributed by atoms with Gasteiger partial charge in [-0.25, -0.2) is 8.42 Å². The second-order valence-corrected chi connectivity index (χ2v) is 10.2. The molecule has 0 bridgehead atoms. The van der Waals surface area contributed by atoms with Crippen LogP contribution in [0, 0.1) is 11.8 Å².